The maximum atomic E-state index is 12.6. The van der Waals surface area contributed by atoms with Crippen molar-refractivity contribution < 1.29 is 9.53 Å². The Morgan fingerprint density at radius 1 is 1.34 bits per heavy atom. The van der Waals surface area contributed by atoms with E-state index in [2.05, 4.69) is 74.3 Å². The van der Waals surface area contributed by atoms with E-state index in [9.17, 15) is 4.79 Å². The van der Waals surface area contributed by atoms with Crippen LogP contribution in [0, 0.1) is 5.92 Å². The lowest BCUT2D eigenvalue weighted by atomic mass is 9.91. The molecular weight excluding hydrogens is 396 g/mol. The molecule has 0 radical (unpaired) electrons. The quantitative estimate of drug-likeness (QED) is 0.359. The van der Waals surface area contributed by atoms with Gasteiger partial charge in [-0.25, -0.2) is 0 Å². The topological polar surface area (TPSA) is 41.6 Å². The molecule has 4 nitrogen and oxygen atoms in total. The fraction of sp³-hybridized carbons (Fsp3) is 0.607. The number of fused-ring (bicyclic) bond motifs is 1. The number of nitrogens with zero attached hydrogens (tertiary/aromatic N) is 1. The molecule has 2 atom stereocenters. The maximum absolute atomic E-state index is 12.6. The Morgan fingerprint density at radius 3 is 2.94 bits per heavy atom. The Labute approximate surface area is 195 Å². The number of nitrogens with one attached hydrogen (secondary N) is 1. The summed E-state index contributed by atoms with van der Waals surface area (Å²) in [5.41, 5.74) is 4.24. The van der Waals surface area contributed by atoms with Crippen LogP contribution in [0.15, 0.2) is 42.0 Å². The summed E-state index contributed by atoms with van der Waals surface area (Å²) in [6.45, 7) is 11.8. The van der Waals surface area contributed by atoms with Crippen molar-refractivity contribution >= 4 is 5.91 Å². The number of unbranched alkanes of at least 4 members (excludes halogenated alkanes) is 1. The van der Waals surface area contributed by atoms with Gasteiger partial charge in [-0.2, -0.15) is 0 Å². The van der Waals surface area contributed by atoms with Crippen molar-refractivity contribution in [2.45, 2.75) is 78.2 Å². The van der Waals surface area contributed by atoms with E-state index in [0.29, 0.717) is 24.4 Å². The van der Waals surface area contributed by atoms with Gasteiger partial charge in [0, 0.05) is 25.6 Å². The van der Waals surface area contributed by atoms with Crippen molar-refractivity contribution in [1.29, 1.82) is 0 Å². The van der Waals surface area contributed by atoms with Crippen LogP contribution < -0.4 is 10.1 Å². The highest BCUT2D eigenvalue weighted by Gasteiger charge is 2.34. The lowest BCUT2D eigenvalue weighted by Gasteiger charge is -2.24. The number of allylic oxidation sites excluding steroid dienone is 4. The fourth-order valence-electron chi connectivity index (χ4n) is 4.94. The van der Waals surface area contributed by atoms with Crippen LogP contribution in [0.2, 0.25) is 0 Å². The zero-order valence-electron chi connectivity index (χ0n) is 20.5. The Hall–Kier alpha value is -2.07. The highest BCUT2D eigenvalue weighted by Crippen LogP contribution is 2.37. The largest absolute Gasteiger partial charge is 0.493 e. The third kappa shape index (κ3) is 6.71. The van der Waals surface area contributed by atoms with Crippen molar-refractivity contribution in [3.8, 4) is 5.75 Å². The molecule has 1 N–H and O–H groups in total. The lowest BCUT2D eigenvalue weighted by Crippen LogP contribution is -2.40. The van der Waals surface area contributed by atoms with Crippen molar-refractivity contribution in [1.82, 2.24) is 10.2 Å². The highest BCUT2D eigenvalue weighted by atomic mass is 16.5. The van der Waals surface area contributed by atoms with Crippen molar-refractivity contribution in [3.05, 3.63) is 53.1 Å². The average Bonchev–Trinajstić information content (AvgIpc) is 3.40. The van der Waals surface area contributed by atoms with E-state index in [1.807, 2.05) is 0 Å². The first kappa shape index (κ1) is 24.6. The molecule has 3 rings (SSSR count). The van der Waals surface area contributed by atoms with Gasteiger partial charge in [0.1, 0.15) is 5.75 Å². The van der Waals surface area contributed by atoms with Crippen LogP contribution in [-0.2, 0) is 11.2 Å². The molecule has 2 aliphatic rings. The van der Waals surface area contributed by atoms with Gasteiger partial charge in [0.2, 0.25) is 5.91 Å². The van der Waals surface area contributed by atoms with Crippen LogP contribution in [0.5, 0.6) is 5.75 Å². The summed E-state index contributed by atoms with van der Waals surface area (Å²) in [6.07, 6.45) is 13.0. The predicted molar refractivity (Wildman–Crippen MR) is 133 cm³/mol. The minimum absolute atomic E-state index is 0.167. The van der Waals surface area contributed by atoms with E-state index >= 15 is 0 Å². The molecule has 0 aromatic heterocycles. The fourth-order valence-corrected chi connectivity index (χ4v) is 4.94. The molecule has 32 heavy (non-hydrogen) atoms. The molecule has 176 valence electrons. The normalized spacial score (nSPS) is 21.3. The van der Waals surface area contributed by atoms with Crippen molar-refractivity contribution in [2.75, 3.05) is 26.2 Å². The van der Waals surface area contributed by atoms with Crippen LogP contribution >= 0.6 is 0 Å². The Morgan fingerprint density at radius 2 is 2.19 bits per heavy atom. The predicted octanol–water partition coefficient (Wildman–Crippen LogP) is 5.63. The standard InChI is InChI=1S/C28H42N2O2/c1-5-7-9-22(21(3)4)10-12-26-18-25(19-30(26)20-28(31)29-15-8-6-2)23-11-13-27-24(17-23)14-16-32-27/h5,7,9,11,13,17,21,25-26H,6,8,10,12,14-16,18-20H2,1-4H3,(H,29,31)/b7-5-,22-9-. The molecule has 2 heterocycles. The number of carbonyl (C=O) groups excluding carboxylic acids is 1. The average molecular weight is 439 g/mol. The first-order chi connectivity index (χ1) is 15.5. The van der Waals surface area contributed by atoms with Crippen LogP contribution in [-0.4, -0.2) is 43.1 Å². The van der Waals surface area contributed by atoms with Gasteiger partial charge in [-0.05, 0) is 61.6 Å². The smallest absolute Gasteiger partial charge is 0.234 e. The molecule has 1 aromatic carbocycles. The lowest BCUT2D eigenvalue weighted by molar-refractivity contribution is -0.122. The summed E-state index contributed by atoms with van der Waals surface area (Å²) in [7, 11) is 0. The Bertz CT molecular complexity index is 812. The molecule has 0 bridgehead atoms. The van der Waals surface area contributed by atoms with Crippen LogP contribution in [0.3, 0.4) is 0 Å². The monoisotopic (exact) mass is 438 g/mol. The molecule has 1 fully saturated rings. The first-order valence-electron chi connectivity index (χ1n) is 12.6. The Balaban J connectivity index is 1.69. The second kappa shape index (κ2) is 12.2. The van der Waals surface area contributed by atoms with E-state index in [4.69, 9.17) is 4.74 Å². The number of ether oxygens (including phenoxy) is 1. The number of hydrogen-bond donors (Lipinski definition) is 1. The van der Waals surface area contributed by atoms with Gasteiger partial charge in [-0.3, -0.25) is 9.69 Å². The molecule has 0 spiro atoms. The van der Waals surface area contributed by atoms with Gasteiger partial charge in [0.25, 0.3) is 0 Å². The minimum atomic E-state index is 0.167. The van der Waals surface area contributed by atoms with E-state index < -0.39 is 0 Å². The van der Waals surface area contributed by atoms with Crippen LogP contribution in [0.25, 0.3) is 0 Å². The molecule has 4 heteroatoms. The SMILES string of the molecule is C/C=C\C=C(\CCC1CC(c2ccc3c(c2)CCO3)CN1CC(=O)NCCCC)C(C)C. The molecule has 2 unspecified atom stereocenters. The number of rotatable bonds is 11. The third-order valence-electron chi connectivity index (χ3n) is 6.92. The highest BCUT2D eigenvalue weighted by molar-refractivity contribution is 5.78. The van der Waals surface area contributed by atoms with Gasteiger partial charge in [-0.15, -0.1) is 0 Å². The number of hydrogen-bond acceptors (Lipinski definition) is 3. The van der Waals surface area contributed by atoms with Crippen LogP contribution in [0.4, 0.5) is 0 Å². The number of carbonyl (C=O) groups is 1. The second-order valence-electron chi connectivity index (χ2n) is 9.65. The molecule has 0 aliphatic carbocycles. The third-order valence-corrected chi connectivity index (χ3v) is 6.92. The molecular formula is C28H42N2O2. The molecule has 1 aromatic rings. The maximum Gasteiger partial charge on any atom is 0.234 e. The zero-order chi connectivity index (χ0) is 22.9. The summed E-state index contributed by atoms with van der Waals surface area (Å²) >= 11 is 0. The van der Waals surface area contributed by atoms with Crippen molar-refractivity contribution in [3.63, 3.8) is 0 Å². The van der Waals surface area contributed by atoms with Crippen molar-refractivity contribution in [2.24, 2.45) is 5.92 Å². The molecule has 1 saturated heterocycles. The molecule has 0 saturated carbocycles. The van der Waals surface area contributed by atoms with E-state index in [-0.39, 0.29) is 5.91 Å². The van der Waals surface area contributed by atoms with E-state index in [1.54, 1.807) is 0 Å². The zero-order valence-corrected chi connectivity index (χ0v) is 20.5. The van der Waals surface area contributed by atoms with E-state index in [0.717, 1.165) is 64.0 Å². The molecule has 1 amide bonds. The number of benzene rings is 1. The van der Waals surface area contributed by atoms with Gasteiger partial charge >= 0.3 is 0 Å². The second-order valence-corrected chi connectivity index (χ2v) is 9.65. The van der Waals surface area contributed by atoms with E-state index in [1.165, 1.54) is 16.7 Å². The Kier molecular flexibility index (Phi) is 9.40. The van der Waals surface area contributed by atoms with Gasteiger partial charge in [0.05, 0.1) is 13.2 Å². The summed E-state index contributed by atoms with van der Waals surface area (Å²) in [5.74, 6) is 2.24. The van der Waals surface area contributed by atoms with Gasteiger partial charge < -0.3 is 10.1 Å². The van der Waals surface area contributed by atoms with Gasteiger partial charge in [0.15, 0.2) is 0 Å². The number of amides is 1. The molecule has 2 aliphatic heterocycles. The van der Waals surface area contributed by atoms with Crippen LogP contribution in [0.1, 0.15) is 76.8 Å². The summed E-state index contributed by atoms with van der Waals surface area (Å²) < 4.78 is 5.70. The van der Waals surface area contributed by atoms with Gasteiger partial charge in [-0.1, -0.05) is 63.1 Å². The number of likely N-dealkylation sites (tertiary alicyclic amines) is 1. The summed E-state index contributed by atoms with van der Waals surface area (Å²) in [5, 5.41) is 3.11. The summed E-state index contributed by atoms with van der Waals surface area (Å²) in [6, 6.07) is 7.17. The minimum Gasteiger partial charge on any atom is -0.493 e. The summed E-state index contributed by atoms with van der Waals surface area (Å²) in [4.78, 5) is 15.0. The first-order valence-corrected chi connectivity index (χ1v) is 12.6.